The highest BCUT2D eigenvalue weighted by molar-refractivity contribution is 5.26. The molecule has 1 aliphatic carbocycles. The summed E-state index contributed by atoms with van der Waals surface area (Å²) in [4.78, 5) is 0. The standard InChI is InChI=1S/C16H25N/c1-3-15-9-4-5-10-16(15)12-17-13(2)11-14-7-6-8-14/h4-5,9-10,13-14,17H,3,6-8,11-12H2,1-2H3. The molecular formula is C16H25N. The minimum Gasteiger partial charge on any atom is -0.310 e. The van der Waals surface area contributed by atoms with Crippen LogP contribution in [0.25, 0.3) is 0 Å². The zero-order valence-corrected chi connectivity index (χ0v) is 11.2. The minimum absolute atomic E-state index is 0.658. The summed E-state index contributed by atoms with van der Waals surface area (Å²) < 4.78 is 0. The summed E-state index contributed by atoms with van der Waals surface area (Å²) in [7, 11) is 0. The van der Waals surface area contributed by atoms with Crippen LogP contribution in [0.15, 0.2) is 24.3 Å². The largest absolute Gasteiger partial charge is 0.310 e. The van der Waals surface area contributed by atoms with Gasteiger partial charge in [0.1, 0.15) is 0 Å². The average Bonchev–Trinajstić information content (AvgIpc) is 2.31. The van der Waals surface area contributed by atoms with E-state index in [2.05, 4.69) is 43.4 Å². The van der Waals surface area contributed by atoms with E-state index >= 15 is 0 Å². The fraction of sp³-hybridized carbons (Fsp3) is 0.625. The summed E-state index contributed by atoms with van der Waals surface area (Å²) in [6.07, 6.45) is 6.86. The molecule has 1 aromatic carbocycles. The van der Waals surface area contributed by atoms with Gasteiger partial charge in [-0.05, 0) is 36.8 Å². The van der Waals surface area contributed by atoms with Crippen molar-refractivity contribution >= 4 is 0 Å². The van der Waals surface area contributed by atoms with E-state index in [4.69, 9.17) is 0 Å². The predicted molar refractivity (Wildman–Crippen MR) is 74.1 cm³/mol. The molecule has 0 aromatic heterocycles. The monoisotopic (exact) mass is 231 g/mol. The van der Waals surface area contributed by atoms with E-state index in [1.807, 2.05) is 0 Å². The summed E-state index contributed by atoms with van der Waals surface area (Å²) in [6, 6.07) is 9.44. The number of rotatable bonds is 6. The van der Waals surface area contributed by atoms with Crippen molar-refractivity contribution in [3.05, 3.63) is 35.4 Å². The van der Waals surface area contributed by atoms with Crippen molar-refractivity contribution < 1.29 is 0 Å². The second-order valence-electron chi connectivity index (χ2n) is 5.44. The van der Waals surface area contributed by atoms with Gasteiger partial charge in [-0.3, -0.25) is 0 Å². The van der Waals surface area contributed by atoms with Gasteiger partial charge in [-0.25, -0.2) is 0 Å². The maximum atomic E-state index is 3.67. The normalized spacial score (nSPS) is 17.8. The third-order valence-electron chi connectivity index (χ3n) is 4.05. The summed E-state index contributed by atoms with van der Waals surface area (Å²) in [6.45, 7) is 5.58. The number of aryl methyl sites for hydroxylation is 1. The van der Waals surface area contributed by atoms with Crippen molar-refractivity contribution in [1.29, 1.82) is 0 Å². The van der Waals surface area contributed by atoms with Gasteiger partial charge in [-0.15, -0.1) is 0 Å². The molecule has 1 aromatic rings. The van der Waals surface area contributed by atoms with Crippen molar-refractivity contribution in [3.8, 4) is 0 Å². The Morgan fingerprint density at radius 2 is 1.94 bits per heavy atom. The van der Waals surface area contributed by atoms with Crippen LogP contribution in [-0.2, 0) is 13.0 Å². The van der Waals surface area contributed by atoms with E-state index in [1.165, 1.54) is 36.8 Å². The lowest BCUT2D eigenvalue weighted by molar-refractivity contribution is 0.265. The second kappa shape index (κ2) is 6.20. The Labute approximate surface area is 106 Å². The molecule has 0 bridgehead atoms. The van der Waals surface area contributed by atoms with E-state index < -0.39 is 0 Å². The number of benzene rings is 1. The highest BCUT2D eigenvalue weighted by Gasteiger charge is 2.19. The van der Waals surface area contributed by atoms with Crippen LogP contribution in [0.3, 0.4) is 0 Å². The highest BCUT2D eigenvalue weighted by Crippen LogP contribution is 2.30. The predicted octanol–water partition coefficient (Wildman–Crippen LogP) is 3.92. The van der Waals surface area contributed by atoms with Crippen LogP contribution in [0.5, 0.6) is 0 Å². The van der Waals surface area contributed by atoms with Gasteiger partial charge in [0.25, 0.3) is 0 Å². The first-order valence-electron chi connectivity index (χ1n) is 7.09. The van der Waals surface area contributed by atoms with Crippen molar-refractivity contribution in [2.75, 3.05) is 0 Å². The van der Waals surface area contributed by atoms with Crippen LogP contribution in [0.4, 0.5) is 0 Å². The van der Waals surface area contributed by atoms with Gasteiger partial charge < -0.3 is 5.32 Å². The Kier molecular flexibility index (Phi) is 4.61. The molecule has 0 amide bonds. The van der Waals surface area contributed by atoms with Crippen molar-refractivity contribution in [1.82, 2.24) is 5.32 Å². The number of hydrogen-bond donors (Lipinski definition) is 1. The molecular weight excluding hydrogens is 206 g/mol. The molecule has 1 saturated carbocycles. The first kappa shape index (κ1) is 12.6. The molecule has 1 N–H and O–H groups in total. The van der Waals surface area contributed by atoms with Crippen molar-refractivity contribution in [2.45, 2.75) is 58.5 Å². The highest BCUT2D eigenvalue weighted by atomic mass is 14.9. The van der Waals surface area contributed by atoms with Crippen LogP contribution >= 0.6 is 0 Å². The lowest BCUT2D eigenvalue weighted by Crippen LogP contribution is -2.30. The Balaban J connectivity index is 1.79. The maximum absolute atomic E-state index is 3.67. The van der Waals surface area contributed by atoms with Crippen LogP contribution in [0, 0.1) is 5.92 Å². The summed E-state index contributed by atoms with van der Waals surface area (Å²) in [5.74, 6) is 0.999. The third-order valence-corrected chi connectivity index (χ3v) is 4.05. The lowest BCUT2D eigenvalue weighted by atomic mass is 9.81. The first-order chi connectivity index (χ1) is 8.29. The van der Waals surface area contributed by atoms with Gasteiger partial charge in [0.05, 0.1) is 0 Å². The van der Waals surface area contributed by atoms with Crippen LogP contribution in [0.2, 0.25) is 0 Å². The van der Waals surface area contributed by atoms with Gasteiger partial charge in [-0.1, -0.05) is 50.5 Å². The van der Waals surface area contributed by atoms with Gasteiger partial charge >= 0.3 is 0 Å². The van der Waals surface area contributed by atoms with Gasteiger partial charge in [0.2, 0.25) is 0 Å². The second-order valence-corrected chi connectivity index (χ2v) is 5.44. The van der Waals surface area contributed by atoms with E-state index in [0.29, 0.717) is 6.04 Å². The minimum atomic E-state index is 0.658. The summed E-state index contributed by atoms with van der Waals surface area (Å²) in [5.41, 5.74) is 2.95. The Bertz CT molecular complexity index is 341. The molecule has 0 radical (unpaired) electrons. The quantitative estimate of drug-likeness (QED) is 0.782. The van der Waals surface area contributed by atoms with Crippen molar-refractivity contribution in [3.63, 3.8) is 0 Å². The zero-order chi connectivity index (χ0) is 12.1. The average molecular weight is 231 g/mol. The molecule has 1 fully saturated rings. The lowest BCUT2D eigenvalue weighted by Gasteiger charge is -2.28. The first-order valence-corrected chi connectivity index (χ1v) is 7.09. The molecule has 1 atom stereocenters. The smallest absolute Gasteiger partial charge is 0.0210 e. The van der Waals surface area contributed by atoms with Crippen molar-refractivity contribution in [2.24, 2.45) is 5.92 Å². The fourth-order valence-electron chi connectivity index (χ4n) is 2.67. The summed E-state index contributed by atoms with van der Waals surface area (Å²) in [5, 5.41) is 3.67. The molecule has 0 saturated heterocycles. The number of nitrogens with one attached hydrogen (secondary N) is 1. The molecule has 17 heavy (non-hydrogen) atoms. The van der Waals surface area contributed by atoms with Crippen LogP contribution < -0.4 is 5.32 Å². The number of hydrogen-bond acceptors (Lipinski definition) is 1. The molecule has 1 aliphatic rings. The van der Waals surface area contributed by atoms with E-state index in [-0.39, 0.29) is 0 Å². The molecule has 0 aliphatic heterocycles. The fourth-order valence-corrected chi connectivity index (χ4v) is 2.67. The maximum Gasteiger partial charge on any atom is 0.0210 e. The van der Waals surface area contributed by atoms with Gasteiger partial charge in [-0.2, -0.15) is 0 Å². The molecule has 0 spiro atoms. The molecule has 1 unspecified atom stereocenters. The molecule has 94 valence electrons. The topological polar surface area (TPSA) is 12.0 Å². The third kappa shape index (κ3) is 3.57. The van der Waals surface area contributed by atoms with Crippen LogP contribution in [-0.4, -0.2) is 6.04 Å². The Morgan fingerprint density at radius 3 is 2.53 bits per heavy atom. The molecule has 2 rings (SSSR count). The van der Waals surface area contributed by atoms with Gasteiger partial charge in [0.15, 0.2) is 0 Å². The van der Waals surface area contributed by atoms with E-state index in [0.717, 1.165) is 18.9 Å². The zero-order valence-electron chi connectivity index (χ0n) is 11.2. The molecule has 1 nitrogen and oxygen atoms in total. The summed E-state index contributed by atoms with van der Waals surface area (Å²) >= 11 is 0. The van der Waals surface area contributed by atoms with E-state index in [9.17, 15) is 0 Å². The SMILES string of the molecule is CCc1ccccc1CNC(C)CC1CCC1. The van der Waals surface area contributed by atoms with Crippen LogP contribution in [0.1, 0.15) is 50.7 Å². The molecule has 0 heterocycles. The van der Waals surface area contributed by atoms with Gasteiger partial charge in [0, 0.05) is 12.6 Å². The molecule has 1 heteroatoms. The Hall–Kier alpha value is -0.820. The van der Waals surface area contributed by atoms with E-state index in [1.54, 1.807) is 0 Å². The Morgan fingerprint density at radius 1 is 1.24 bits per heavy atom.